The Balaban J connectivity index is 2.66. The van der Waals surface area contributed by atoms with Gasteiger partial charge in [0, 0.05) is 9.52 Å². The van der Waals surface area contributed by atoms with E-state index < -0.39 is 0 Å². The van der Waals surface area contributed by atoms with Crippen LogP contribution in [-0.2, 0) is 0 Å². The van der Waals surface area contributed by atoms with Gasteiger partial charge in [0.1, 0.15) is 0 Å². The summed E-state index contributed by atoms with van der Waals surface area (Å²) in [5.41, 5.74) is 2.04. The average Bonchev–Trinajstić information content (AvgIpc) is 1.89. The van der Waals surface area contributed by atoms with Gasteiger partial charge in [-0.3, -0.25) is 0 Å². The molecular formula is C7H14Si2. The summed E-state index contributed by atoms with van der Waals surface area (Å²) in [7, 11) is 2.20. The molecule has 9 heavy (non-hydrogen) atoms. The van der Waals surface area contributed by atoms with Gasteiger partial charge in [-0.15, -0.1) is 12.3 Å². The predicted octanol–water partition coefficient (Wildman–Crippen LogP) is 2.20. The second-order valence-corrected chi connectivity index (χ2v) is 4.72. The number of hydrogen-bond acceptors (Lipinski definition) is 0. The fourth-order valence-electron chi connectivity index (χ4n) is 0.564. The van der Waals surface area contributed by atoms with E-state index in [-0.39, 0.29) is 0 Å². The van der Waals surface area contributed by atoms with E-state index in [4.69, 9.17) is 0 Å². The Hall–Kier alpha value is 0.174. The van der Waals surface area contributed by atoms with Crippen molar-refractivity contribution in [1.29, 1.82) is 0 Å². The first-order valence-electron chi connectivity index (χ1n) is 3.46. The molecule has 0 nitrogen and oxygen atoms in total. The minimum atomic E-state index is 0.997. The molecule has 0 rings (SSSR count). The molecule has 4 radical (unpaired) electrons. The first-order valence-corrected chi connectivity index (χ1v) is 6.16. The second kappa shape index (κ2) is 8.17. The lowest BCUT2D eigenvalue weighted by molar-refractivity contribution is 1.07. The van der Waals surface area contributed by atoms with Crippen molar-refractivity contribution >= 4 is 19.0 Å². The van der Waals surface area contributed by atoms with Crippen LogP contribution in [0.25, 0.3) is 0 Å². The summed E-state index contributed by atoms with van der Waals surface area (Å²) in [5.74, 6) is 0. The monoisotopic (exact) mass is 154 g/mol. The van der Waals surface area contributed by atoms with Crippen LogP contribution in [0.4, 0.5) is 0 Å². The molecule has 0 unspecified atom stereocenters. The number of hydrogen-bond donors (Lipinski definition) is 0. The molecule has 0 aliphatic carbocycles. The Bertz CT molecular complexity index is 61.9. The maximum Gasteiger partial charge on any atom is 0.0692 e. The van der Waals surface area contributed by atoms with Crippen molar-refractivity contribution in [1.82, 2.24) is 0 Å². The molecule has 0 atom stereocenters. The molecule has 0 aromatic heterocycles. The van der Waals surface area contributed by atoms with Crippen molar-refractivity contribution in [2.75, 3.05) is 0 Å². The van der Waals surface area contributed by atoms with Crippen molar-refractivity contribution in [3.05, 3.63) is 12.3 Å². The summed E-state index contributed by atoms with van der Waals surface area (Å²) in [6, 6.07) is 4.24. The zero-order valence-electron chi connectivity index (χ0n) is 6.11. The molecule has 0 bridgehead atoms. The molecule has 0 fully saturated rings. The third kappa shape index (κ3) is 8.17. The van der Waals surface area contributed by atoms with E-state index in [0.717, 1.165) is 9.52 Å². The van der Waals surface area contributed by atoms with Crippen LogP contribution in [0, 0.1) is 0 Å². The fourth-order valence-corrected chi connectivity index (χ4v) is 2.66. The maximum absolute atomic E-state index is 3.69. The van der Waals surface area contributed by atoms with Crippen molar-refractivity contribution in [2.24, 2.45) is 0 Å². The molecule has 0 aliphatic heterocycles. The van der Waals surface area contributed by atoms with Gasteiger partial charge in [0.15, 0.2) is 0 Å². The first kappa shape index (κ1) is 9.17. The quantitative estimate of drug-likeness (QED) is 0.406. The van der Waals surface area contributed by atoms with E-state index in [1.165, 1.54) is 34.1 Å². The Morgan fingerprint density at radius 1 is 1.33 bits per heavy atom. The Morgan fingerprint density at radius 2 is 2.11 bits per heavy atom. The molecule has 0 aromatic rings. The van der Waals surface area contributed by atoms with E-state index >= 15 is 0 Å². The molecule has 0 aliphatic rings. The summed E-state index contributed by atoms with van der Waals surface area (Å²) < 4.78 is 0. The van der Waals surface area contributed by atoms with Gasteiger partial charge in [0.2, 0.25) is 0 Å². The first-order chi connectivity index (χ1) is 4.41. The molecule has 0 saturated heterocycles. The van der Waals surface area contributed by atoms with Gasteiger partial charge >= 0.3 is 0 Å². The molecule has 0 aromatic carbocycles. The lowest BCUT2D eigenvalue weighted by Crippen LogP contribution is -1.90. The normalized spacial score (nSPS) is 9.44. The molecule has 0 saturated carbocycles. The summed E-state index contributed by atoms with van der Waals surface area (Å²) in [5, 5.41) is 0. The van der Waals surface area contributed by atoms with Crippen molar-refractivity contribution in [3.8, 4) is 0 Å². The highest BCUT2D eigenvalue weighted by atomic mass is 28.2. The average molecular weight is 154 g/mol. The summed E-state index contributed by atoms with van der Waals surface area (Å²) in [4.78, 5) is 0. The molecule has 0 spiro atoms. The van der Waals surface area contributed by atoms with Gasteiger partial charge in [0.05, 0.1) is 9.52 Å². The van der Waals surface area contributed by atoms with Gasteiger partial charge in [0.25, 0.3) is 0 Å². The molecular weight excluding hydrogens is 140 g/mol. The van der Waals surface area contributed by atoms with Crippen LogP contribution >= 0.6 is 0 Å². The molecule has 50 valence electrons. The minimum absolute atomic E-state index is 0.997. The topological polar surface area (TPSA) is 0 Å². The van der Waals surface area contributed by atoms with Crippen LogP contribution in [0.15, 0.2) is 12.3 Å². The highest BCUT2D eigenvalue weighted by molar-refractivity contribution is 6.45. The van der Waals surface area contributed by atoms with Gasteiger partial charge in [-0.1, -0.05) is 31.5 Å². The zero-order chi connectivity index (χ0) is 6.95. The molecule has 0 amide bonds. The van der Waals surface area contributed by atoms with Crippen LogP contribution in [0.3, 0.4) is 0 Å². The highest BCUT2D eigenvalue weighted by Crippen LogP contribution is 1.94. The maximum atomic E-state index is 3.69. The fraction of sp³-hybridized carbons (Fsp3) is 0.714. The third-order valence-corrected chi connectivity index (χ3v) is 3.80. The minimum Gasteiger partial charge on any atom is -0.107 e. The summed E-state index contributed by atoms with van der Waals surface area (Å²) in [6.07, 6.45) is 1.36. The van der Waals surface area contributed by atoms with Crippen molar-refractivity contribution in [3.63, 3.8) is 0 Å². The molecule has 0 N–H and O–H groups in total. The second-order valence-electron chi connectivity index (χ2n) is 1.91. The Labute approximate surface area is 63.4 Å². The van der Waals surface area contributed by atoms with E-state index in [9.17, 15) is 0 Å². The molecule has 0 heterocycles. The number of rotatable bonds is 6. The SMILES string of the molecule is C=C[Si]CC[Si]CCC. The predicted molar refractivity (Wildman–Crippen MR) is 46.4 cm³/mol. The van der Waals surface area contributed by atoms with Crippen LogP contribution in [-0.4, -0.2) is 19.0 Å². The van der Waals surface area contributed by atoms with E-state index in [2.05, 4.69) is 13.5 Å². The third-order valence-electron chi connectivity index (χ3n) is 1.02. The van der Waals surface area contributed by atoms with E-state index in [1.54, 1.807) is 0 Å². The van der Waals surface area contributed by atoms with Gasteiger partial charge in [-0.05, 0) is 0 Å². The van der Waals surface area contributed by atoms with Crippen molar-refractivity contribution < 1.29 is 0 Å². The van der Waals surface area contributed by atoms with Crippen LogP contribution in [0.1, 0.15) is 13.3 Å². The summed E-state index contributed by atoms with van der Waals surface area (Å²) in [6.45, 7) is 5.95. The van der Waals surface area contributed by atoms with E-state index in [0.29, 0.717) is 0 Å². The van der Waals surface area contributed by atoms with Gasteiger partial charge < -0.3 is 0 Å². The smallest absolute Gasteiger partial charge is 0.0692 e. The van der Waals surface area contributed by atoms with Crippen molar-refractivity contribution in [2.45, 2.75) is 31.5 Å². The van der Waals surface area contributed by atoms with Gasteiger partial charge in [-0.2, -0.15) is 0 Å². The van der Waals surface area contributed by atoms with Crippen LogP contribution in [0.5, 0.6) is 0 Å². The van der Waals surface area contributed by atoms with Crippen LogP contribution < -0.4 is 0 Å². The largest absolute Gasteiger partial charge is 0.107 e. The summed E-state index contributed by atoms with van der Waals surface area (Å²) >= 11 is 0. The zero-order valence-corrected chi connectivity index (χ0v) is 8.11. The standard InChI is InChI=1S/C7H14Si2/c1-3-5-9-7-6-8-4-2/h4H,2-3,5-7H2,1H3. The van der Waals surface area contributed by atoms with E-state index in [1.807, 2.05) is 5.70 Å². The van der Waals surface area contributed by atoms with Gasteiger partial charge in [-0.25, -0.2) is 0 Å². The Morgan fingerprint density at radius 3 is 2.67 bits per heavy atom. The highest BCUT2D eigenvalue weighted by Gasteiger charge is 1.86. The lowest BCUT2D eigenvalue weighted by Gasteiger charge is -1.92. The lowest BCUT2D eigenvalue weighted by atomic mass is 10.6. The van der Waals surface area contributed by atoms with Crippen LogP contribution in [0.2, 0.25) is 18.1 Å². The Kier molecular flexibility index (Phi) is 8.33. The molecule has 2 heteroatoms.